The number of carbonyl (C=O) groups excluding carboxylic acids is 2. The number of rotatable bonds is 12. The zero-order valence-electron chi connectivity index (χ0n) is 42.8. The first kappa shape index (κ1) is 71.4. The highest BCUT2D eigenvalue weighted by molar-refractivity contribution is 7.89. The molecule has 3 heterocycles. The van der Waals surface area contributed by atoms with Gasteiger partial charge < -0.3 is 46.4 Å². The summed E-state index contributed by atoms with van der Waals surface area (Å²) < 4.78 is 164. The molecule has 2 aromatic carbocycles. The number of carboxylic acid groups (broad SMARTS) is 4. The van der Waals surface area contributed by atoms with Crippen LogP contribution in [-0.4, -0.2) is 197 Å². The summed E-state index contributed by atoms with van der Waals surface area (Å²) in [6.45, 7) is 10.0. The van der Waals surface area contributed by atoms with Gasteiger partial charge >= 0.3 is 48.6 Å². The second kappa shape index (κ2) is 30.0. The topological polar surface area (TPSA) is 329 Å². The Morgan fingerprint density at radius 3 is 1.61 bits per heavy atom. The Bertz CT molecular complexity index is 2780. The van der Waals surface area contributed by atoms with Crippen LogP contribution in [0.4, 0.5) is 52.7 Å². The minimum absolute atomic E-state index is 0.0199. The van der Waals surface area contributed by atoms with Crippen molar-refractivity contribution < 1.29 is 115 Å². The number of para-hydroxylation sites is 1. The van der Waals surface area contributed by atoms with Crippen LogP contribution < -0.4 is 20.9 Å². The first-order chi connectivity index (χ1) is 37.5. The Balaban J connectivity index is 0.000000672. The summed E-state index contributed by atoms with van der Waals surface area (Å²) in [6.07, 6.45) is -18.2. The number of aliphatic carboxylic acids is 4. The SMILES string of the molecule is Cc1cc(C)c2cccc(OCc3c(Cl)ccc(S(=O)(=O)NC4(C(=O)N5CCN(C(=O)CN6CCN(CCN=C(N)N)CC6)CC5)CCCC4)c3Cl)c2n1.O=C(O)C(F)(F)F.O=C(O)C(F)(F)F.O=C(O)C(F)(F)F.O=C(O)C(F)(F)F. The predicted octanol–water partition coefficient (Wildman–Crippen LogP) is 5.42. The van der Waals surface area contributed by atoms with Crippen molar-refractivity contribution in [2.45, 2.75) is 81.3 Å². The number of nitrogens with zero attached hydrogens (tertiary/aromatic N) is 6. The van der Waals surface area contributed by atoms with Gasteiger partial charge in [0.05, 0.1) is 18.1 Å². The predicted molar refractivity (Wildman–Crippen MR) is 265 cm³/mol. The lowest BCUT2D eigenvalue weighted by atomic mass is 9.96. The summed E-state index contributed by atoms with van der Waals surface area (Å²) in [6, 6.07) is 10.5. The zero-order chi connectivity index (χ0) is 62.9. The number of alkyl halides is 12. The van der Waals surface area contributed by atoms with Crippen molar-refractivity contribution >= 4 is 85.8 Å². The molecule has 9 N–H and O–H groups in total. The van der Waals surface area contributed by atoms with Crippen molar-refractivity contribution in [3.8, 4) is 5.75 Å². The molecule has 1 saturated carbocycles. The van der Waals surface area contributed by atoms with Crippen LogP contribution in [0.3, 0.4) is 0 Å². The lowest BCUT2D eigenvalue weighted by molar-refractivity contribution is -0.193. The first-order valence-electron chi connectivity index (χ1n) is 23.3. The number of hydrogen-bond acceptors (Lipinski definition) is 13. The molecular weight excluding hydrogens is 1210 g/mol. The molecule has 3 aromatic rings. The van der Waals surface area contributed by atoms with Crippen molar-refractivity contribution in [3.05, 3.63) is 63.3 Å². The van der Waals surface area contributed by atoms with Crippen molar-refractivity contribution in [2.75, 3.05) is 72.0 Å². The Kier molecular flexibility index (Phi) is 26.2. The molecule has 82 heavy (non-hydrogen) atoms. The molecule has 2 amide bonds. The molecule has 22 nitrogen and oxygen atoms in total. The quantitative estimate of drug-likeness (QED) is 0.0676. The number of sulfonamides is 1. The van der Waals surface area contributed by atoms with Crippen LogP contribution in [0.5, 0.6) is 5.75 Å². The van der Waals surface area contributed by atoms with E-state index < -0.39 is 64.1 Å². The van der Waals surface area contributed by atoms with Crippen molar-refractivity contribution in [1.82, 2.24) is 29.3 Å². The summed E-state index contributed by atoms with van der Waals surface area (Å²) >= 11 is 13.4. The minimum atomic E-state index is -5.08. The van der Waals surface area contributed by atoms with Gasteiger partial charge in [0.25, 0.3) is 0 Å². The number of guanidine groups is 1. The van der Waals surface area contributed by atoms with E-state index in [9.17, 15) is 70.7 Å². The van der Waals surface area contributed by atoms with E-state index in [-0.39, 0.29) is 39.3 Å². The van der Waals surface area contributed by atoms with Crippen LogP contribution in [0.1, 0.15) is 42.5 Å². The maximum absolute atomic E-state index is 14.2. The van der Waals surface area contributed by atoms with E-state index in [2.05, 4.69) is 24.5 Å². The maximum Gasteiger partial charge on any atom is 0.490 e. The Morgan fingerprint density at radius 1 is 0.707 bits per heavy atom. The minimum Gasteiger partial charge on any atom is -0.487 e. The van der Waals surface area contributed by atoms with Gasteiger partial charge in [-0.15, -0.1) is 0 Å². The molecule has 460 valence electrons. The van der Waals surface area contributed by atoms with E-state index in [4.69, 9.17) is 79.0 Å². The fourth-order valence-corrected chi connectivity index (χ4v) is 9.94. The van der Waals surface area contributed by atoms with Gasteiger partial charge in [-0.2, -0.15) is 57.4 Å². The Labute approximate surface area is 467 Å². The highest BCUT2D eigenvalue weighted by Crippen LogP contribution is 2.38. The Hall–Kier alpha value is -6.69. The van der Waals surface area contributed by atoms with Gasteiger partial charge in [0, 0.05) is 80.6 Å². The molecule has 2 saturated heterocycles. The van der Waals surface area contributed by atoms with Gasteiger partial charge in [0.2, 0.25) is 21.8 Å². The van der Waals surface area contributed by atoms with Crippen LogP contribution in [0, 0.1) is 13.8 Å². The summed E-state index contributed by atoms with van der Waals surface area (Å²) in [4.78, 5) is 79.4. The highest BCUT2D eigenvalue weighted by atomic mass is 35.5. The standard InChI is InChI=1S/C37H49Cl2N9O5S.4C2HF3O2/c1-25-22-26(2)43-34-27(25)6-5-7-30(34)53-24-28-29(38)8-9-31(33(28)39)54(51,52)44-37(10-3-4-11-37)35(50)48-20-18-47(19-21-48)32(49)23-46-16-14-45(15-17-46)13-12-42-36(40)41;4*3-2(4,5)1(6)7/h5-9,22,44H,3-4,10-21,23-24H2,1-2H3,(H4,40,41,42);4*(H,6,7). The number of aryl methyl sites for hydroxylation is 2. The molecule has 6 rings (SSSR count). The second-order valence-electron chi connectivity index (χ2n) is 17.6. The van der Waals surface area contributed by atoms with Crippen LogP contribution in [-0.2, 0) is 45.4 Å². The number of piperazine rings is 2. The molecule has 0 bridgehead atoms. The number of benzene rings is 2. The number of nitrogens with two attached hydrogens (primary N) is 2. The number of carboxylic acids is 4. The molecule has 0 radical (unpaired) electrons. The largest absolute Gasteiger partial charge is 0.490 e. The number of carbonyl (C=O) groups is 6. The third-order valence-corrected chi connectivity index (χ3v) is 14.0. The highest BCUT2D eigenvalue weighted by Gasteiger charge is 2.48. The molecule has 0 atom stereocenters. The smallest absolute Gasteiger partial charge is 0.487 e. The molecular formula is C45H53Cl2F12N9O13S. The van der Waals surface area contributed by atoms with Gasteiger partial charge in [-0.25, -0.2) is 32.6 Å². The monoisotopic (exact) mass is 1260 g/mol. The summed E-state index contributed by atoms with van der Waals surface area (Å²) in [7, 11) is -4.29. The number of hydrogen-bond donors (Lipinski definition) is 7. The average molecular weight is 1260 g/mol. The third kappa shape index (κ3) is 22.6. The molecule has 1 aliphatic carbocycles. The van der Waals surface area contributed by atoms with Gasteiger partial charge in [-0.05, 0) is 56.5 Å². The number of aromatic nitrogens is 1. The number of fused-ring (bicyclic) bond motifs is 1. The van der Waals surface area contributed by atoms with E-state index in [0.29, 0.717) is 81.8 Å². The summed E-state index contributed by atoms with van der Waals surface area (Å²) in [5, 5.41) is 29.6. The van der Waals surface area contributed by atoms with Crippen molar-refractivity contribution in [1.29, 1.82) is 0 Å². The average Bonchev–Trinajstić information content (AvgIpc) is 3.93. The number of nitrogens with one attached hydrogen (secondary N) is 1. The molecule has 0 unspecified atom stereocenters. The lowest BCUT2D eigenvalue weighted by Crippen LogP contribution is -2.62. The van der Waals surface area contributed by atoms with Crippen LogP contribution in [0.2, 0.25) is 10.0 Å². The van der Waals surface area contributed by atoms with E-state index in [1.165, 1.54) is 12.1 Å². The van der Waals surface area contributed by atoms with E-state index in [1.54, 1.807) is 15.9 Å². The van der Waals surface area contributed by atoms with Crippen LogP contribution in [0.15, 0.2) is 46.3 Å². The summed E-state index contributed by atoms with van der Waals surface area (Å²) in [5.74, 6) is -10.7. The van der Waals surface area contributed by atoms with Crippen LogP contribution >= 0.6 is 23.2 Å². The zero-order valence-corrected chi connectivity index (χ0v) is 45.1. The number of ether oxygens (including phenoxy) is 1. The number of amides is 2. The Morgan fingerprint density at radius 2 is 1.16 bits per heavy atom. The molecule has 37 heteroatoms. The molecule has 3 fully saturated rings. The third-order valence-electron chi connectivity index (χ3n) is 11.6. The second-order valence-corrected chi connectivity index (χ2v) is 20.0. The normalized spacial score (nSPS) is 15.9. The number of aliphatic imine (C=N–C) groups is 1. The molecule has 0 spiro atoms. The molecule has 3 aliphatic rings. The fraction of sp³-hybridized carbons (Fsp3) is 0.511. The van der Waals surface area contributed by atoms with E-state index >= 15 is 0 Å². The fourth-order valence-electron chi connectivity index (χ4n) is 7.63. The van der Waals surface area contributed by atoms with E-state index in [1.807, 2.05) is 32.0 Å². The lowest BCUT2D eigenvalue weighted by Gasteiger charge is -2.41. The van der Waals surface area contributed by atoms with E-state index in [0.717, 1.165) is 49.4 Å². The number of pyridine rings is 1. The van der Waals surface area contributed by atoms with Gasteiger partial charge in [-0.3, -0.25) is 24.4 Å². The van der Waals surface area contributed by atoms with Crippen molar-refractivity contribution in [2.24, 2.45) is 16.5 Å². The van der Waals surface area contributed by atoms with Crippen molar-refractivity contribution in [3.63, 3.8) is 0 Å². The van der Waals surface area contributed by atoms with Gasteiger partial charge in [-0.1, -0.05) is 48.2 Å². The molecule has 2 aliphatic heterocycles. The maximum atomic E-state index is 14.2. The van der Waals surface area contributed by atoms with Crippen LogP contribution in [0.25, 0.3) is 10.9 Å². The molecule has 1 aromatic heterocycles. The summed E-state index contributed by atoms with van der Waals surface area (Å²) in [5.41, 5.74) is 12.4. The van der Waals surface area contributed by atoms with Gasteiger partial charge in [0.1, 0.15) is 28.3 Å². The van der Waals surface area contributed by atoms with Gasteiger partial charge in [0.15, 0.2) is 5.96 Å². The number of halogens is 14. The first-order valence-corrected chi connectivity index (χ1v) is 25.6.